The number of hydrogen-bond donors (Lipinski definition) is 2. The van der Waals surface area contributed by atoms with Gasteiger partial charge in [-0.05, 0) is 17.5 Å². The summed E-state index contributed by atoms with van der Waals surface area (Å²) in [6.07, 6.45) is 0. The minimum absolute atomic E-state index is 0.0100. The Kier molecular flexibility index (Phi) is 3.97. The van der Waals surface area contributed by atoms with E-state index in [2.05, 4.69) is 14.9 Å². The average Bonchev–Trinajstić information content (AvgIpc) is 2.65. The van der Waals surface area contributed by atoms with Gasteiger partial charge < -0.3 is 11.1 Å². The van der Waals surface area contributed by atoms with Crippen LogP contribution in [0.25, 0.3) is 0 Å². The van der Waals surface area contributed by atoms with Crippen LogP contribution < -0.4 is 11.1 Å². The average molecular weight is 214 g/mol. The Balaban J connectivity index is 2.56. The summed E-state index contributed by atoms with van der Waals surface area (Å²) in [4.78, 5) is 11.5. The monoisotopic (exact) mass is 214 g/mol. The van der Waals surface area contributed by atoms with E-state index in [0.29, 0.717) is 18.2 Å². The SMILES string of the molecule is CC(C)C(CN)NC(=O)c1csnn1. The Bertz CT molecular complexity index is 286. The van der Waals surface area contributed by atoms with Gasteiger partial charge in [-0.1, -0.05) is 18.3 Å². The summed E-state index contributed by atoms with van der Waals surface area (Å²) in [6, 6.07) is -0.0100. The Labute approximate surface area is 86.9 Å². The second-order valence-electron chi connectivity index (χ2n) is 3.35. The first kappa shape index (κ1) is 11.1. The molecule has 0 fully saturated rings. The van der Waals surface area contributed by atoms with Gasteiger partial charge in [-0.2, -0.15) is 0 Å². The van der Waals surface area contributed by atoms with Gasteiger partial charge >= 0.3 is 0 Å². The van der Waals surface area contributed by atoms with Gasteiger partial charge in [0.1, 0.15) is 0 Å². The fourth-order valence-electron chi connectivity index (χ4n) is 1.00. The highest BCUT2D eigenvalue weighted by atomic mass is 32.1. The van der Waals surface area contributed by atoms with Crippen LogP contribution in [0.1, 0.15) is 24.3 Å². The second kappa shape index (κ2) is 5.02. The molecule has 0 spiro atoms. The zero-order valence-electron chi connectivity index (χ0n) is 8.23. The van der Waals surface area contributed by atoms with Crippen molar-refractivity contribution in [1.82, 2.24) is 14.9 Å². The maximum absolute atomic E-state index is 11.5. The van der Waals surface area contributed by atoms with Crippen LogP contribution in [0.4, 0.5) is 0 Å². The first-order valence-corrected chi connectivity index (χ1v) is 5.26. The molecule has 0 aliphatic carbocycles. The second-order valence-corrected chi connectivity index (χ2v) is 3.96. The molecule has 5 nitrogen and oxygen atoms in total. The summed E-state index contributed by atoms with van der Waals surface area (Å²) in [5.74, 6) is 0.110. The molecule has 0 aliphatic rings. The zero-order chi connectivity index (χ0) is 10.6. The highest BCUT2D eigenvalue weighted by Crippen LogP contribution is 2.02. The normalized spacial score (nSPS) is 12.9. The smallest absolute Gasteiger partial charge is 0.273 e. The van der Waals surface area contributed by atoms with Crippen molar-refractivity contribution in [2.75, 3.05) is 6.54 Å². The third kappa shape index (κ3) is 2.74. The van der Waals surface area contributed by atoms with Crippen molar-refractivity contribution in [3.05, 3.63) is 11.1 Å². The van der Waals surface area contributed by atoms with Crippen LogP contribution >= 0.6 is 11.5 Å². The molecule has 3 N–H and O–H groups in total. The lowest BCUT2D eigenvalue weighted by Crippen LogP contribution is -2.43. The minimum Gasteiger partial charge on any atom is -0.346 e. The number of nitrogens with zero attached hydrogens (tertiary/aromatic N) is 2. The van der Waals surface area contributed by atoms with Crippen molar-refractivity contribution < 1.29 is 4.79 Å². The van der Waals surface area contributed by atoms with Gasteiger partial charge in [0, 0.05) is 18.0 Å². The molecule has 1 amide bonds. The molecule has 1 aromatic rings. The van der Waals surface area contributed by atoms with Crippen molar-refractivity contribution in [2.45, 2.75) is 19.9 Å². The molecule has 0 aromatic carbocycles. The van der Waals surface area contributed by atoms with Crippen LogP contribution in [0, 0.1) is 5.92 Å². The summed E-state index contributed by atoms with van der Waals surface area (Å²) < 4.78 is 3.62. The topological polar surface area (TPSA) is 80.9 Å². The lowest BCUT2D eigenvalue weighted by molar-refractivity contribution is 0.0922. The number of carbonyl (C=O) groups is 1. The number of nitrogens with two attached hydrogens (primary N) is 1. The zero-order valence-corrected chi connectivity index (χ0v) is 9.04. The molecular formula is C8H14N4OS. The van der Waals surface area contributed by atoms with Gasteiger partial charge in [0.15, 0.2) is 5.69 Å². The quantitative estimate of drug-likeness (QED) is 0.753. The van der Waals surface area contributed by atoms with Crippen LogP contribution in [0.5, 0.6) is 0 Å². The maximum atomic E-state index is 11.5. The van der Waals surface area contributed by atoms with E-state index in [9.17, 15) is 4.79 Å². The Morgan fingerprint density at radius 2 is 2.43 bits per heavy atom. The first-order valence-electron chi connectivity index (χ1n) is 4.43. The van der Waals surface area contributed by atoms with Gasteiger partial charge in [0.25, 0.3) is 5.91 Å². The lowest BCUT2D eigenvalue weighted by atomic mass is 10.0. The Morgan fingerprint density at radius 1 is 1.71 bits per heavy atom. The summed E-state index contributed by atoms with van der Waals surface area (Å²) >= 11 is 1.16. The molecule has 1 rings (SSSR count). The van der Waals surface area contributed by atoms with E-state index in [1.54, 1.807) is 5.38 Å². The van der Waals surface area contributed by atoms with Gasteiger partial charge in [-0.25, -0.2) is 0 Å². The molecule has 6 heteroatoms. The van der Waals surface area contributed by atoms with Crippen LogP contribution in [0.3, 0.4) is 0 Å². The van der Waals surface area contributed by atoms with E-state index in [1.807, 2.05) is 13.8 Å². The number of aromatic nitrogens is 2. The molecule has 78 valence electrons. The molecule has 0 bridgehead atoms. The van der Waals surface area contributed by atoms with Gasteiger partial charge in [0.2, 0.25) is 0 Å². The molecule has 1 atom stereocenters. The summed E-state index contributed by atoms with van der Waals surface area (Å²) in [6.45, 7) is 4.45. The van der Waals surface area contributed by atoms with Crippen LogP contribution in [0.15, 0.2) is 5.38 Å². The van der Waals surface area contributed by atoms with Crippen molar-refractivity contribution >= 4 is 17.4 Å². The largest absolute Gasteiger partial charge is 0.346 e. The predicted octanol–water partition coefficient (Wildman–Crippen LogP) is 0.251. The molecule has 1 aromatic heterocycles. The minimum atomic E-state index is -0.206. The standard InChI is InChI=1S/C8H14N4OS/c1-5(2)6(3-9)10-8(13)7-4-14-12-11-7/h4-6H,3,9H2,1-2H3,(H,10,13). The highest BCUT2D eigenvalue weighted by molar-refractivity contribution is 7.03. The Hall–Kier alpha value is -1.01. The van der Waals surface area contributed by atoms with Crippen molar-refractivity contribution in [1.29, 1.82) is 0 Å². The fourth-order valence-corrected chi connectivity index (χ4v) is 1.44. The fraction of sp³-hybridized carbons (Fsp3) is 0.625. The number of nitrogens with one attached hydrogen (secondary N) is 1. The van der Waals surface area contributed by atoms with E-state index in [-0.39, 0.29) is 11.9 Å². The molecule has 1 unspecified atom stereocenters. The number of rotatable bonds is 4. The van der Waals surface area contributed by atoms with E-state index in [0.717, 1.165) is 11.5 Å². The molecular weight excluding hydrogens is 200 g/mol. The van der Waals surface area contributed by atoms with E-state index in [4.69, 9.17) is 5.73 Å². The molecule has 1 heterocycles. The van der Waals surface area contributed by atoms with Crippen molar-refractivity contribution in [3.8, 4) is 0 Å². The molecule has 0 radical (unpaired) electrons. The van der Waals surface area contributed by atoms with Gasteiger partial charge in [-0.3, -0.25) is 4.79 Å². The Morgan fingerprint density at radius 3 is 2.86 bits per heavy atom. The van der Waals surface area contributed by atoms with Crippen LogP contribution in [0.2, 0.25) is 0 Å². The molecule has 0 aliphatic heterocycles. The van der Waals surface area contributed by atoms with Crippen molar-refractivity contribution in [3.63, 3.8) is 0 Å². The van der Waals surface area contributed by atoms with Gasteiger partial charge in [0.05, 0.1) is 0 Å². The third-order valence-electron chi connectivity index (χ3n) is 1.97. The summed E-state index contributed by atoms with van der Waals surface area (Å²) in [5.41, 5.74) is 5.88. The molecule has 14 heavy (non-hydrogen) atoms. The van der Waals surface area contributed by atoms with E-state index < -0.39 is 0 Å². The number of carbonyl (C=O) groups excluding carboxylic acids is 1. The molecule has 0 saturated carbocycles. The predicted molar refractivity (Wildman–Crippen MR) is 55.1 cm³/mol. The van der Waals surface area contributed by atoms with Crippen molar-refractivity contribution in [2.24, 2.45) is 11.7 Å². The summed E-state index contributed by atoms with van der Waals surface area (Å²) in [5, 5.41) is 8.10. The van der Waals surface area contributed by atoms with Crippen LogP contribution in [-0.4, -0.2) is 28.1 Å². The summed E-state index contributed by atoms with van der Waals surface area (Å²) in [7, 11) is 0. The lowest BCUT2D eigenvalue weighted by Gasteiger charge is -2.19. The van der Waals surface area contributed by atoms with Gasteiger partial charge in [-0.15, -0.1) is 5.10 Å². The maximum Gasteiger partial charge on any atom is 0.273 e. The molecule has 0 saturated heterocycles. The van der Waals surface area contributed by atoms with E-state index >= 15 is 0 Å². The number of amides is 1. The highest BCUT2D eigenvalue weighted by Gasteiger charge is 2.16. The van der Waals surface area contributed by atoms with Crippen LogP contribution in [-0.2, 0) is 0 Å². The van der Waals surface area contributed by atoms with E-state index in [1.165, 1.54) is 0 Å². The third-order valence-corrected chi connectivity index (χ3v) is 2.47. The first-order chi connectivity index (χ1) is 6.65. The number of hydrogen-bond acceptors (Lipinski definition) is 5.